The number of carbonyl (C=O) groups is 1. The number of aliphatic carboxylic acids is 1. The van der Waals surface area contributed by atoms with E-state index in [9.17, 15) is 4.79 Å². The number of nitrogens with zero attached hydrogens (tertiary/aromatic N) is 1. The molecule has 100 valence electrons. The molecule has 5 heteroatoms. The normalized spacial score (nSPS) is 23.1. The second kappa shape index (κ2) is 4.65. The van der Waals surface area contributed by atoms with E-state index in [-0.39, 0.29) is 12.0 Å². The molecule has 2 unspecified atom stereocenters. The summed E-state index contributed by atoms with van der Waals surface area (Å²) in [5, 5.41) is 13.5. The fraction of sp³-hybridized carbons (Fsp3) is 0.357. The first kappa shape index (κ1) is 12.7. The van der Waals surface area contributed by atoms with E-state index in [1.165, 1.54) is 5.39 Å². The van der Waals surface area contributed by atoms with Gasteiger partial charge in [0.25, 0.3) is 0 Å². The van der Waals surface area contributed by atoms with Gasteiger partial charge in [-0.25, -0.2) is 0 Å². The van der Waals surface area contributed by atoms with Crippen molar-refractivity contribution in [1.29, 1.82) is 0 Å². The van der Waals surface area contributed by atoms with Gasteiger partial charge in [-0.15, -0.1) is 0 Å². The number of hydrogen-bond donors (Lipinski definition) is 2. The number of carboxylic acids is 1. The number of benzene rings is 1. The standard InChI is InChI=1S/C14H15BrN2O2/c1-17-7-11(15)10-3-2-8(5-13(10)17)12-4-9(6-16-12)14(18)19/h2-3,5,7,9,12,16H,4,6H2,1H3,(H,18,19). The van der Waals surface area contributed by atoms with Crippen LogP contribution < -0.4 is 5.32 Å². The van der Waals surface area contributed by atoms with Crippen LogP contribution in [0.5, 0.6) is 0 Å². The van der Waals surface area contributed by atoms with Crippen molar-refractivity contribution in [1.82, 2.24) is 9.88 Å². The zero-order valence-electron chi connectivity index (χ0n) is 10.6. The molecule has 1 fully saturated rings. The molecule has 4 nitrogen and oxygen atoms in total. The van der Waals surface area contributed by atoms with Crippen molar-refractivity contribution in [3.05, 3.63) is 34.4 Å². The highest BCUT2D eigenvalue weighted by molar-refractivity contribution is 9.10. The summed E-state index contributed by atoms with van der Waals surface area (Å²) in [6, 6.07) is 6.45. The van der Waals surface area contributed by atoms with Gasteiger partial charge in [-0.1, -0.05) is 12.1 Å². The van der Waals surface area contributed by atoms with Crippen LogP contribution in [0.15, 0.2) is 28.9 Å². The summed E-state index contributed by atoms with van der Waals surface area (Å²) in [6.45, 7) is 0.550. The predicted octanol–water partition coefficient (Wildman–Crippen LogP) is 2.68. The van der Waals surface area contributed by atoms with Crippen molar-refractivity contribution >= 4 is 32.8 Å². The van der Waals surface area contributed by atoms with Gasteiger partial charge in [0, 0.05) is 41.2 Å². The topological polar surface area (TPSA) is 54.3 Å². The molecule has 0 bridgehead atoms. The van der Waals surface area contributed by atoms with Crippen molar-refractivity contribution in [2.24, 2.45) is 13.0 Å². The van der Waals surface area contributed by atoms with Gasteiger partial charge in [-0.05, 0) is 34.0 Å². The maximum Gasteiger partial charge on any atom is 0.307 e. The third-order valence-electron chi connectivity index (χ3n) is 3.85. The fourth-order valence-electron chi connectivity index (χ4n) is 2.75. The van der Waals surface area contributed by atoms with E-state index in [0.717, 1.165) is 15.6 Å². The Kier molecular flexibility index (Phi) is 3.11. The minimum atomic E-state index is -0.710. The largest absolute Gasteiger partial charge is 0.481 e. The van der Waals surface area contributed by atoms with Crippen molar-refractivity contribution in [2.75, 3.05) is 6.54 Å². The molecule has 1 saturated heterocycles. The molecule has 2 atom stereocenters. The summed E-state index contributed by atoms with van der Waals surface area (Å²) in [6.07, 6.45) is 2.70. The number of nitrogens with one attached hydrogen (secondary N) is 1. The van der Waals surface area contributed by atoms with Crippen LogP contribution in [0.2, 0.25) is 0 Å². The van der Waals surface area contributed by atoms with E-state index in [0.29, 0.717) is 13.0 Å². The summed E-state index contributed by atoms with van der Waals surface area (Å²) in [4.78, 5) is 11.0. The van der Waals surface area contributed by atoms with Crippen molar-refractivity contribution in [2.45, 2.75) is 12.5 Å². The number of aromatic nitrogens is 1. The van der Waals surface area contributed by atoms with Gasteiger partial charge in [0.15, 0.2) is 0 Å². The van der Waals surface area contributed by atoms with Gasteiger partial charge in [0.2, 0.25) is 0 Å². The van der Waals surface area contributed by atoms with Crippen LogP contribution in [0, 0.1) is 5.92 Å². The van der Waals surface area contributed by atoms with Gasteiger partial charge in [0.05, 0.1) is 5.92 Å². The van der Waals surface area contributed by atoms with Crippen molar-refractivity contribution in [3.63, 3.8) is 0 Å². The number of fused-ring (bicyclic) bond motifs is 1. The Morgan fingerprint density at radius 1 is 1.53 bits per heavy atom. The molecular weight excluding hydrogens is 308 g/mol. The SMILES string of the molecule is Cn1cc(Br)c2ccc(C3CC(C(=O)O)CN3)cc21. The highest BCUT2D eigenvalue weighted by atomic mass is 79.9. The fourth-order valence-corrected chi connectivity index (χ4v) is 3.39. The van der Waals surface area contributed by atoms with E-state index in [4.69, 9.17) is 5.11 Å². The lowest BCUT2D eigenvalue weighted by atomic mass is 9.99. The van der Waals surface area contributed by atoms with Crippen LogP contribution in [0.25, 0.3) is 10.9 Å². The van der Waals surface area contributed by atoms with Crippen LogP contribution in [-0.2, 0) is 11.8 Å². The maximum atomic E-state index is 11.0. The number of aryl methyl sites for hydroxylation is 1. The van der Waals surface area contributed by atoms with Gasteiger partial charge < -0.3 is 15.0 Å². The zero-order valence-corrected chi connectivity index (χ0v) is 12.1. The number of rotatable bonds is 2. The Labute approximate surface area is 119 Å². The third kappa shape index (κ3) is 2.17. The molecular formula is C14H15BrN2O2. The Morgan fingerprint density at radius 2 is 2.32 bits per heavy atom. The molecule has 3 rings (SSSR count). The first-order valence-electron chi connectivity index (χ1n) is 6.27. The highest BCUT2D eigenvalue weighted by Crippen LogP contribution is 2.32. The van der Waals surface area contributed by atoms with Crippen molar-refractivity contribution < 1.29 is 9.90 Å². The smallest absolute Gasteiger partial charge is 0.307 e. The van der Waals surface area contributed by atoms with Crippen LogP contribution in [0.4, 0.5) is 0 Å². The Balaban J connectivity index is 1.94. The van der Waals surface area contributed by atoms with Crippen LogP contribution in [-0.4, -0.2) is 22.2 Å². The van der Waals surface area contributed by atoms with Crippen LogP contribution in [0.3, 0.4) is 0 Å². The second-order valence-electron chi connectivity index (χ2n) is 5.10. The lowest BCUT2D eigenvalue weighted by Crippen LogP contribution is -2.17. The first-order valence-corrected chi connectivity index (χ1v) is 7.06. The minimum absolute atomic E-state index is 0.138. The third-order valence-corrected chi connectivity index (χ3v) is 4.48. The molecule has 19 heavy (non-hydrogen) atoms. The lowest BCUT2D eigenvalue weighted by Gasteiger charge is -2.11. The Morgan fingerprint density at radius 3 is 3.00 bits per heavy atom. The Hall–Kier alpha value is -1.33. The number of carboxylic acid groups (broad SMARTS) is 1. The van der Waals surface area contributed by atoms with E-state index in [2.05, 4.69) is 44.0 Å². The maximum absolute atomic E-state index is 11.0. The number of halogens is 1. The van der Waals surface area contributed by atoms with Gasteiger partial charge in [-0.2, -0.15) is 0 Å². The summed E-state index contributed by atoms with van der Waals surface area (Å²) in [5.74, 6) is -0.987. The average molecular weight is 323 g/mol. The van der Waals surface area contributed by atoms with Gasteiger partial charge in [-0.3, -0.25) is 4.79 Å². The summed E-state index contributed by atoms with van der Waals surface area (Å²) < 4.78 is 3.16. The van der Waals surface area contributed by atoms with Gasteiger partial charge >= 0.3 is 5.97 Å². The molecule has 0 saturated carbocycles. The first-order chi connectivity index (χ1) is 9.06. The molecule has 2 N–H and O–H groups in total. The van der Waals surface area contributed by atoms with E-state index < -0.39 is 5.97 Å². The van der Waals surface area contributed by atoms with E-state index >= 15 is 0 Å². The monoisotopic (exact) mass is 322 g/mol. The van der Waals surface area contributed by atoms with E-state index in [1.54, 1.807) is 0 Å². The highest BCUT2D eigenvalue weighted by Gasteiger charge is 2.30. The second-order valence-corrected chi connectivity index (χ2v) is 5.95. The molecule has 2 aromatic rings. The number of hydrogen-bond acceptors (Lipinski definition) is 2. The molecule has 0 radical (unpaired) electrons. The van der Waals surface area contributed by atoms with Crippen LogP contribution >= 0.6 is 15.9 Å². The van der Waals surface area contributed by atoms with Crippen molar-refractivity contribution in [3.8, 4) is 0 Å². The molecule has 0 aliphatic carbocycles. The molecule has 1 aliphatic heterocycles. The summed E-state index contributed by atoms with van der Waals surface area (Å²) >= 11 is 3.54. The van der Waals surface area contributed by atoms with E-state index in [1.807, 2.05) is 13.2 Å². The molecule has 0 spiro atoms. The zero-order chi connectivity index (χ0) is 13.6. The Bertz CT molecular complexity index is 650. The quantitative estimate of drug-likeness (QED) is 0.893. The molecule has 2 heterocycles. The average Bonchev–Trinajstić information content (AvgIpc) is 2.96. The van der Waals surface area contributed by atoms with Gasteiger partial charge in [0.1, 0.15) is 0 Å². The molecule has 0 amide bonds. The molecule has 1 aromatic heterocycles. The summed E-state index contributed by atoms with van der Waals surface area (Å²) in [7, 11) is 2.01. The molecule has 1 aromatic carbocycles. The predicted molar refractivity (Wildman–Crippen MR) is 77.1 cm³/mol. The lowest BCUT2D eigenvalue weighted by molar-refractivity contribution is -0.141. The van der Waals surface area contributed by atoms with Crippen LogP contribution in [0.1, 0.15) is 18.0 Å². The summed E-state index contributed by atoms with van der Waals surface area (Å²) in [5.41, 5.74) is 2.31. The minimum Gasteiger partial charge on any atom is -0.481 e. The molecule has 1 aliphatic rings.